The smallest absolute Gasteiger partial charge is 0.373 e. The molecule has 1 atom stereocenters. The second kappa shape index (κ2) is 5.03. The third-order valence-corrected chi connectivity index (χ3v) is 4.79. The number of aromatic nitrogens is 2. The van der Waals surface area contributed by atoms with Gasteiger partial charge in [-0.15, -0.1) is 0 Å². The molecule has 0 saturated heterocycles. The van der Waals surface area contributed by atoms with Crippen molar-refractivity contribution in [3.05, 3.63) is 53.2 Å². The Kier molecular flexibility index (Phi) is 3.06. The molecule has 5 heteroatoms. The predicted octanol–water partition coefficient (Wildman–Crippen LogP) is 2.82. The average molecular weight is 321 g/mol. The summed E-state index contributed by atoms with van der Waals surface area (Å²) in [4.78, 5) is 27.1. The van der Waals surface area contributed by atoms with Crippen LogP contribution in [-0.4, -0.2) is 21.8 Å². The fourth-order valence-electron chi connectivity index (χ4n) is 3.62. The molecule has 0 fully saturated rings. The number of carboxylic acid groups (broad SMARTS) is 1. The highest BCUT2D eigenvalue weighted by atomic mass is 16.4. The Labute approximate surface area is 138 Å². The lowest BCUT2D eigenvalue weighted by Crippen LogP contribution is -2.49. The number of hydrogen-bond acceptors (Lipinski definition) is 2. The molecule has 2 N–H and O–H groups in total. The van der Waals surface area contributed by atoms with E-state index in [0.717, 1.165) is 33.4 Å². The summed E-state index contributed by atoms with van der Waals surface area (Å²) in [5, 5.41) is 10.8. The number of rotatable bonds is 2. The first kappa shape index (κ1) is 14.6. The number of hydrogen-bond donors (Lipinski definition) is 2. The van der Waals surface area contributed by atoms with Gasteiger partial charge in [-0.25, -0.2) is 4.79 Å². The van der Waals surface area contributed by atoms with E-state index in [1.165, 1.54) is 6.92 Å². The molecule has 0 unspecified atom stereocenters. The van der Waals surface area contributed by atoms with E-state index in [9.17, 15) is 14.7 Å². The third-order valence-electron chi connectivity index (χ3n) is 4.79. The van der Waals surface area contributed by atoms with Gasteiger partial charge in [0.2, 0.25) is 5.69 Å². The number of ketones is 1. The van der Waals surface area contributed by atoms with Crippen molar-refractivity contribution in [2.45, 2.75) is 26.3 Å². The number of pyridine rings is 1. The summed E-state index contributed by atoms with van der Waals surface area (Å²) in [6.45, 7) is 3.38. The van der Waals surface area contributed by atoms with Gasteiger partial charge in [-0.05, 0) is 31.0 Å². The van der Waals surface area contributed by atoms with Gasteiger partial charge in [-0.1, -0.05) is 18.2 Å². The molecule has 1 aliphatic heterocycles. The van der Waals surface area contributed by atoms with E-state index >= 15 is 0 Å². The number of Topliss-reactive ketones (excluding diaryl/α,β-unsaturated/α-hetero) is 1. The first-order valence-corrected chi connectivity index (χ1v) is 7.87. The van der Waals surface area contributed by atoms with Gasteiger partial charge in [0.25, 0.3) is 6.04 Å². The summed E-state index contributed by atoms with van der Waals surface area (Å²) in [5.74, 6) is -0.954. The van der Waals surface area contributed by atoms with Crippen LogP contribution in [0.25, 0.3) is 22.3 Å². The minimum absolute atomic E-state index is 0.0608. The fourth-order valence-corrected chi connectivity index (χ4v) is 3.62. The molecular weight excluding hydrogens is 304 g/mol. The Morgan fingerprint density at radius 3 is 2.75 bits per heavy atom. The number of nitrogens with one attached hydrogen (secondary N) is 1. The number of H-pyrrole nitrogens is 1. The molecule has 24 heavy (non-hydrogen) atoms. The number of benzene rings is 1. The Hall–Kier alpha value is -2.95. The predicted molar refractivity (Wildman–Crippen MR) is 89.0 cm³/mol. The number of aryl methyl sites for hydroxylation is 1. The maximum absolute atomic E-state index is 11.8. The first-order chi connectivity index (χ1) is 11.5. The van der Waals surface area contributed by atoms with Crippen molar-refractivity contribution in [3.63, 3.8) is 0 Å². The number of carboxylic acids is 1. The van der Waals surface area contributed by atoms with E-state index in [-0.39, 0.29) is 5.78 Å². The second-order valence-electron chi connectivity index (χ2n) is 6.30. The summed E-state index contributed by atoms with van der Waals surface area (Å²) in [5.41, 5.74) is 5.17. The van der Waals surface area contributed by atoms with Crippen molar-refractivity contribution in [1.29, 1.82) is 0 Å². The number of carbonyl (C=O) groups is 2. The van der Waals surface area contributed by atoms with E-state index in [1.807, 2.05) is 37.3 Å². The van der Waals surface area contributed by atoms with Crippen molar-refractivity contribution in [2.24, 2.45) is 0 Å². The van der Waals surface area contributed by atoms with Crippen LogP contribution in [0.3, 0.4) is 0 Å². The SMILES string of the molecule is CC(=O)c1c[n+]2c(cc1C)-c1[nH]c3ccccc3c1C[C@H]2C(=O)O. The number of aromatic amines is 1. The summed E-state index contributed by atoms with van der Waals surface area (Å²) in [6, 6.07) is 9.10. The summed E-state index contributed by atoms with van der Waals surface area (Å²) >= 11 is 0. The highest BCUT2D eigenvalue weighted by molar-refractivity contribution is 5.96. The van der Waals surface area contributed by atoms with Gasteiger partial charge in [0.05, 0.1) is 5.56 Å². The fraction of sp³-hybridized carbons (Fsp3) is 0.211. The maximum Gasteiger partial charge on any atom is 0.373 e. The number of fused-ring (bicyclic) bond motifs is 5. The van der Waals surface area contributed by atoms with Gasteiger partial charge in [0.15, 0.2) is 12.0 Å². The lowest BCUT2D eigenvalue weighted by atomic mass is 9.94. The minimum Gasteiger partial charge on any atom is -0.476 e. The number of nitrogens with zero attached hydrogens (tertiary/aromatic N) is 1. The van der Waals surface area contributed by atoms with Crippen LogP contribution in [0.15, 0.2) is 36.5 Å². The normalized spacial score (nSPS) is 15.8. The first-order valence-electron chi connectivity index (χ1n) is 7.87. The molecule has 120 valence electrons. The monoisotopic (exact) mass is 321 g/mol. The average Bonchev–Trinajstić information content (AvgIpc) is 2.92. The van der Waals surface area contributed by atoms with Crippen LogP contribution in [-0.2, 0) is 11.2 Å². The Morgan fingerprint density at radius 2 is 2.04 bits per heavy atom. The zero-order chi connectivity index (χ0) is 17.0. The molecule has 0 aliphatic carbocycles. The van der Waals surface area contributed by atoms with Gasteiger partial charge in [-0.2, -0.15) is 4.57 Å². The quantitative estimate of drug-likeness (QED) is 0.563. The van der Waals surface area contributed by atoms with Crippen LogP contribution in [0.1, 0.15) is 34.5 Å². The molecule has 1 aliphatic rings. The van der Waals surface area contributed by atoms with Crippen molar-refractivity contribution >= 4 is 22.7 Å². The molecule has 3 heterocycles. The van der Waals surface area contributed by atoms with E-state index in [2.05, 4.69) is 4.98 Å². The lowest BCUT2D eigenvalue weighted by Gasteiger charge is -2.18. The van der Waals surface area contributed by atoms with Gasteiger partial charge in [0.1, 0.15) is 5.69 Å². The van der Waals surface area contributed by atoms with Crippen LogP contribution >= 0.6 is 0 Å². The maximum atomic E-state index is 11.8. The summed E-state index contributed by atoms with van der Waals surface area (Å²) < 4.78 is 1.71. The topological polar surface area (TPSA) is 74.0 Å². The van der Waals surface area contributed by atoms with Gasteiger partial charge < -0.3 is 10.1 Å². The molecule has 0 bridgehead atoms. The molecule has 0 amide bonds. The van der Waals surface area contributed by atoms with Crippen LogP contribution in [0.4, 0.5) is 0 Å². The lowest BCUT2D eigenvalue weighted by molar-refractivity contribution is -0.702. The van der Waals surface area contributed by atoms with Crippen molar-refractivity contribution in [2.75, 3.05) is 0 Å². The van der Waals surface area contributed by atoms with E-state index in [1.54, 1.807) is 10.8 Å². The zero-order valence-corrected chi connectivity index (χ0v) is 13.5. The van der Waals surface area contributed by atoms with Crippen LogP contribution in [0.2, 0.25) is 0 Å². The molecular formula is C19H17N2O3+. The van der Waals surface area contributed by atoms with Crippen molar-refractivity contribution in [1.82, 2.24) is 4.98 Å². The summed E-state index contributed by atoms with van der Waals surface area (Å²) in [6.07, 6.45) is 2.08. The van der Waals surface area contributed by atoms with Crippen molar-refractivity contribution in [3.8, 4) is 11.4 Å². The van der Waals surface area contributed by atoms with Gasteiger partial charge in [-0.3, -0.25) is 4.79 Å². The number of aliphatic carboxylic acids is 1. The molecule has 5 nitrogen and oxygen atoms in total. The molecule has 2 aromatic heterocycles. The minimum atomic E-state index is -0.893. The van der Waals surface area contributed by atoms with E-state index in [4.69, 9.17) is 0 Å². The van der Waals surface area contributed by atoms with Gasteiger partial charge >= 0.3 is 5.97 Å². The Balaban J connectivity index is 2.06. The summed E-state index contributed by atoms with van der Waals surface area (Å²) in [7, 11) is 0. The molecule has 1 aromatic carbocycles. The Morgan fingerprint density at radius 1 is 1.29 bits per heavy atom. The molecule has 0 saturated carbocycles. The molecule has 0 spiro atoms. The highest BCUT2D eigenvalue weighted by Gasteiger charge is 2.39. The largest absolute Gasteiger partial charge is 0.476 e. The molecule has 0 radical (unpaired) electrons. The third kappa shape index (κ3) is 1.98. The van der Waals surface area contributed by atoms with Crippen molar-refractivity contribution < 1.29 is 19.3 Å². The van der Waals surface area contributed by atoms with E-state index < -0.39 is 12.0 Å². The highest BCUT2D eigenvalue weighted by Crippen LogP contribution is 2.35. The van der Waals surface area contributed by atoms with E-state index in [0.29, 0.717) is 12.0 Å². The van der Waals surface area contributed by atoms with Crippen LogP contribution in [0, 0.1) is 6.92 Å². The van der Waals surface area contributed by atoms with Crippen LogP contribution < -0.4 is 4.57 Å². The molecule has 3 aromatic rings. The standard InChI is InChI=1S/C19H16N2O3/c1-10-7-16-18-13(12-5-3-4-6-15(12)20-18)8-17(19(23)24)21(16)9-14(10)11(2)22/h3-7,9,17H,8H2,1-2H3,(H,23,24)/p+1/t17-/m0/s1. The second-order valence-corrected chi connectivity index (χ2v) is 6.30. The number of carbonyl (C=O) groups excluding carboxylic acids is 1. The Bertz CT molecular complexity index is 1020. The molecule has 4 rings (SSSR count). The van der Waals surface area contributed by atoms with Gasteiger partial charge in [0, 0.05) is 23.4 Å². The number of para-hydroxylation sites is 1. The van der Waals surface area contributed by atoms with Crippen LogP contribution in [0.5, 0.6) is 0 Å². The zero-order valence-electron chi connectivity index (χ0n) is 13.5.